The number of aryl methyl sites for hydroxylation is 2. The van der Waals surface area contributed by atoms with Crippen LogP contribution in [0.3, 0.4) is 0 Å². The van der Waals surface area contributed by atoms with Crippen LogP contribution >= 0.6 is 15.9 Å². The van der Waals surface area contributed by atoms with E-state index < -0.39 is 0 Å². The van der Waals surface area contributed by atoms with Gasteiger partial charge < -0.3 is 11.1 Å². The van der Waals surface area contributed by atoms with Gasteiger partial charge in [-0.3, -0.25) is 0 Å². The summed E-state index contributed by atoms with van der Waals surface area (Å²) in [6.45, 7) is 2.11. The zero-order valence-corrected chi connectivity index (χ0v) is 12.5. The van der Waals surface area contributed by atoms with Crippen LogP contribution in [0.15, 0.2) is 40.9 Å². The van der Waals surface area contributed by atoms with Crippen LogP contribution in [-0.4, -0.2) is 0 Å². The minimum absolute atomic E-state index is 0.399. The van der Waals surface area contributed by atoms with Crippen LogP contribution in [0.1, 0.15) is 29.2 Å². The second kappa shape index (κ2) is 4.89. The first-order chi connectivity index (χ1) is 9.13. The molecule has 1 aliphatic rings. The highest BCUT2D eigenvalue weighted by Crippen LogP contribution is 2.35. The lowest BCUT2D eigenvalue weighted by Crippen LogP contribution is -2.07. The Morgan fingerprint density at radius 3 is 2.84 bits per heavy atom. The zero-order chi connectivity index (χ0) is 13.4. The first kappa shape index (κ1) is 12.5. The van der Waals surface area contributed by atoms with E-state index in [1.54, 1.807) is 0 Å². The van der Waals surface area contributed by atoms with Crippen molar-refractivity contribution < 1.29 is 0 Å². The van der Waals surface area contributed by atoms with Crippen LogP contribution in [0.5, 0.6) is 0 Å². The molecule has 2 aromatic rings. The summed E-state index contributed by atoms with van der Waals surface area (Å²) in [5.74, 6) is 0. The minimum Gasteiger partial charge on any atom is -0.399 e. The first-order valence-electron chi connectivity index (χ1n) is 6.54. The van der Waals surface area contributed by atoms with Crippen molar-refractivity contribution in [3.05, 3.63) is 57.6 Å². The Labute approximate surface area is 122 Å². The maximum atomic E-state index is 5.84. The summed E-state index contributed by atoms with van der Waals surface area (Å²) >= 11 is 3.53. The number of halogens is 1. The van der Waals surface area contributed by atoms with Gasteiger partial charge in [0.2, 0.25) is 0 Å². The van der Waals surface area contributed by atoms with E-state index in [1.165, 1.54) is 22.4 Å². The number of nitrogens with two attached hydrogens (primary N) is 1. The molecule has 0 radical (unpaired) electrons. The molecule has 1 aliphatic carbocycles. The zero-order valence-electron chi connectivity index (χ0n) is 10.9. The van der Waals surface area contributed by atoms with Gasteiger partial charge >= 0.3 is 0 Å². The topological polar surface area (TPSA) is 38.0 Å². The molecule has 19 heavy (non-hydrogen) atoms. The number of rotatable bonds is 2. The average molecular weight is 317 g/mol. The Morgan fingerprint density at radius 1 is 1.21 bits per heavy atom. The van der Waals surface area contributed by atoms with Crippen LogP contribution in [0.25, 0.3) is 0 Å². The lowest BCUT2D eigenvalue weighted by molar-refractivity contribution is 0.762. The summed E-state index contributed by atoms with van der Waals surface area (Å²) in [6, 6.07) is 13.0. The highest BCUT2D eigenvalue weighted by Gasteiger charge is 2.22. The van der Waals surface area contributed by atoms with Crippen LogP contribution in [0.2, 0.25) is 0 Å². The monoisotopic (exact) mass is 316 g/mol. The minimum atomic E-state index is 0.399. The van der Waals surface area contributed by atoms with E-state index in [-0.39, 0.29) is 0 Å². The van der Waals surface area contributed by atoms with E-state index in [1.807, 2.05) is 6.07 Å². The second-order valence-corrected chi connectivity index (χ2v) is 6.01. The Hall–Kier alpha value is -1.48. The van der Waals surface area contributed by atoms with Gasteiger partial charge in [-0.2, -0.15) is 0 Å². The summed E-state index contributed by atoms with van der Waals surface area (Å²) in [7, 11) is 0. The van der Waals surface area contributed by atoms with Crippen molar-refractivity contribution in [1.82, 2.24) is 0 Å². The maximum absolute atomic E-state index is 5.84. The molecular formula is C16H17BrN2. The van der Waals surface area contributed by atoms with Gasteiger partial charge in [-0.1, -0.05) is 22.0 Å². The van der Waals surface area contributed by atoms with Crippen molar-refractivity contribution >= 4 is 27.3 Å². The van der Waals surface area contributed by atoms with E-state index in [9.17, 15) is 0 Å². The summed E-state index contributed by atoms with van der Waals surface area (Å²) in [5.41, 5.74) is 11.9. The Morgan fingerprint density at radius 2 is 2.05 bits per heavy atom. The highest BCUT2D eigenvalue weighted by atomic mass is 79.9. The summed E-state index contributed by atoms with van der Waals surface area (Å²) < 4.78 is 1.15. The SMILES string of the molecule is Cc1cc(NC2CCc3cc(N)ccc32)ccc1Br. The molecule has 3 heteroatoms. The highest BCUT2D eigenvalue weighted by molar-refractivity contribution is 9.10. The molecule has 0 bridgehead atoms. The molecule has 0 spiro atoms. The van der Waals surface area contributed by atoms with E-state index in [0.29, 0.717) is 6.04 Å². The fourth-order valence-corrected chi connectivity index (χ4v) is 2.97. The van der Waals surface area contributed by atoms with Crippen LogP contribution in [0, 0.1) is 6.92 Å². The molecular weight excluding hydrogens is 300 g/mol. The predicted octanol–water partition coefficient (Wildman–Crippen LogP) is 4.44. The molecule has 0 saturated heterocycles. The van der Waals surface area contributed by atoms with Gasteiger partial charge in [-0.05, 0) is 66.8 Å². The molecule has 3 N–H and O–H groups in total. The third-order valence-corrected chi connectivity index (χ3v) is 4.63. The number of anilines is 2. The smallest absolute Gasteiger partial charge is 0.0519 e. The molecule has 3 rings (SSSR count). The second-order valence-electron chi connectivity index (χ2n) is 5.16. The molecule has 0 heterocycles. The van der Waals surface area contributed by atoms with Crippen molar-refractivity contribution in [3.63, 3.8) is 0 Å². The standard InChI is InChI=1S/C16H17BrN2/c1-10-8-13(4-6-15(10)17)19-16-7-2-11-9-12(18)3-5-14(11)16/h3-6,8-9,16,19H,2,7,18H2,1H3. The number of nitrogen functional groups attached to an aromatic ring is 1. The summed E-state index contributed by atoms with van der Waals surface area (Å²) in [5, 5.41) is 3.62. The summed E-state index contributed by atoms with van der Waals surface area (Å²) in [4.78, 5) is 0. The van der Waals surface area contributed by atoms with Gasteiger partial charge in [-0.25, -0.2) is 0 Å². The number of fused-ring (bicyclic) bond motifs is 1. The molecule has 0 fully saturated rings. The van der Waals surface area contributed by atoms with Crippen LogP contribution in [0.4, 0.5) is 11.4 Å². The van der Waals surface area contributed by atoms with Gasteiger partial charge in [-0.15, -0.1) is 0 Å². The van der Waals surface area contributed by atoms with E-state index >= 15 is 0 Å². The quantitative estimate of drug-likeness (QED) is 0.804. The molecule has 98 valence electrons. The lowest BCUT2D eigenvalue weighted by atomic mass is 10.1. The normalized spacial score (nSPS) is 17.3. The van der Waals surface area contributed by atoms with Gasteiger partial charge in [0.1, 0.15) is 0 Å². The van der Waals surface area contributed by atoms with Crippen molar-refractivity contribution in [2.45, 2.75) is 25.8 Å². The number of benzene rings is 2. The fourth-order valence-electron chi connectivity index (χ4n) is 2.72. The van der Waals surface area contributed by atoms with Gasteiger partial charge in [0.25, 0.3) is 0 Å². The van der Waals surface area contributed by atoms with Crippen molar-refractivity contribution in [1.29, 1.82) is 0 Å². The predicted molar refractivity (Wildman–Crippen MR) is 84.4 cm³/mol. The lowest BCUT2D eigenvalue weighted by Gasteiger charge is -2.16. The summed E-state index contributed by atoms with van der Waals surface area (Å²) in [6.07, 6.45) is 2.24. The van der Waals surface area contributed by atoms with Gasteiger partial charge in [0, 0.05) is 15.8 Å². The van der Waals surface area contributed by atoms with Gasteiger partial charge in [0.15, 0.2) is 0 Å². The van der Waals surface area contributed by atoms with Gasteiger partial charge in [0.05, 0.1) is 6.04 Å². The van der Waals surface area contributed by atoms with Crippen molar-refractivity contribution in [2.24, 2.45) is 0 Å². The largest absolute Gasteiger partial charge is 0.399 e. The molecule has 0 saturated carbocycles. The maximum Gasteiger partial charge on any atom is 0.0519 e. The third-order valence-electron chi connectivity index (χ3n) is 3.74. The number of hydrogen-bond donors (Lipinski definition) is 2. The third kappa shape index (κ3) is 2.47. The Kier molecular flexibility index (Phi) is 3.23. The molecule has 1 unspecified atom stereocenters. The molecule has 2 aromatic carbocycles. The Balaban J connectivity index is 1.84. The molecule has 0 amide bonds. The molecule has 2 nitrogen and oxygen atoms in total. The number of hydrogen-bond acceptors (Lipinski definition) is 2. The molecule has 0 aliphatic heterocycles. The van der Waals surface area contributed by atoms with Crippen molar-refractivity contribution in [3.8, 4) is 0 Å². The van der Waals surface area contributed by atoms with Crippen LogP contribution in [-0.2, 0) is 6.42 Å². The Bertz CT molecular complexity index is 622. The fraction of sp³-hybridized carbons (Fsp3) is 0.250. The van der Waals surface area contributed by atoms with E-state index in [2.05, 4.69) is 58.5 Å². The van der Waals surface area contributed by atoms with Crippen LogP contribution < -0.4 is 11.1 Å². The average Bonchev–Trinajstić information content (AvgIpc) is 2.76. The number of nitrogens with one attached hydrogen (secondary N) is 1. The molecule has 1 atom stereocenters. The molecule has 0 aromatic heterocycles. The van der Waals surface area contributed by atoms with Crippen molar-refractivity contribution in [2.75, 3.05) is 11.1 Å². The van der Waals surface area contributed by atoms with E-state index in [0.717, 1.165) is 23.0 Å². The van der Waals surface area contributed by atoms with E-state index in [4.69, 9.17) is 5.73 Å². The first-order valence-corrected chi connectivity index (χ1v) is 7.34.